The van der Waals surface area contributed by atoms with Gasteiger partial charge in [0.2, 0.25) is 0 Å². The maximum absolute atomic E-state index is 13.6. The first-order chi connectivity index (χ1) is 8.97. The molecule has 1 aromatic rings. The van der Waals surface area contributed by atoms with E-state index in [2.05, 4.69) is 28.2 Å². The molecule has 1 amide bonds. The summed E-state index contributed by atoms with van der Waals surface area (Å²) in [6.45, 7) is 2.56. The molecule has 1 N–H and O–H groups in total. The number of hydrogen-bond acceptors (Lipinski definition) is 1. The van der Waals surface area contributed by atoms with Crippen molar-refractivity contribution in [3.63, 3.8) is 0 Å². The van der Waals surface area contributed by atoms with Crippen molar-refractivity contribution in [1.82, 2.24) is 5.32 Å². The first kappa shape index (κ1) is 14.4. The number of carbonyl (C=O) groups is 1. The van der Waals surface area contributed by atoms with Crippen LogP contribution in [-0.2, 0) is 0 Å². The molecule has 5 heteroatoms. The van der Waals surface area contributed by atoms with Gasteiger partial charge in [-0.1, -0.05) is 29.3 Å². The zero-order valence-corrected chi connectivity index (χ0v) is 12.3. The van der Waals surface area contributed by atoms with E-state index < -0.39 is 23.1 Å². The summed E-state index contributed by atoms with van der Waals surface area (Å²) in [4.78, 5) is 11.9. The van der Waals surface area contributed by atoms with Crippen LogP contribution < -0.4 is 5.32 Å². The molecular weight excluding hydrogens is 316 g/mol. The molecule has 1 aromatic carbocycles. The zero-order chi connectivity index (χ0) is 14.0. The number of rotatable bonds is 4. The molecule has 2 rings (SSSR count). The first-order valence-corrected chi connectivity index (χ1v) is 7.19. The lowest BCUT2D eigenvalue weighted by Gasteiger charge is -2.41. The highest BCUT2D eigenvalue weighted by atomic mass is 79.9. The predicted molar refractivity (Wildman–Crippen MR) is 73.0 cm³/mol. The van der Waals surface area contributed by atoms with E-state index in [0.717, 1.165) is 37.8 Å². The Hall–Kier alpha value is -0.970. The van der Waals surface area contributed by atoms with E-state index in [-0.39, 0.29) is 9.89 Å². The monoisotopic (exact) mass is 331 g/mol. The van der Waals surface area contributed by atoms with E-state index in [1.54, 1.807) is 0 Å². The summed E-state index contributed by atoms with van der Waals surface area (Å²) in [5.74, 6) is -2.37. The highest BCUT2D eigenvalue weighted by Crippen LogP contribution is 2.43. The van der Waals surface area contributed by atoms with Crippen molar-refractivity contribution in [3.8, 4) is 0 Å². The standard InChI is InChI=1S/C14H16BrF2NO/c1-2-14(4-3-5-14)8-18-13(19)12-10(16)6-9(15)7-11(12)17/h6-7H,2-5,8H2,1H3,(H,18,19). The Balaban J connectivity index is 2.08. The first-order valence-electron chi connectivity index (χ1n) is 6.40. The van der Waals surface area contributed by atoms with Crippen molar-refractivity contribution in [3.05, 3.63) is 33.8 Å². The predicted octanol–water partition coefficient (Wildman–Crippen LogP) is 4.04. The van der Waals surface area contributed by atoms with Crippen molar-refractivity contribution in [2.45, 2.75) is 32.6 Å². The van der Waals surface area contributed by atoms with Gasteiger partial charge in [-0.3, -0.25) is 4.79 Å². The lowest BCUT2D eigenvalue weighted by atomic mass is 9.67. The zero-order valence-electron chi connectivity index (χ0n) is 10.7. The molecule has 1 aliphatic carbocycles. The Morgan fingerprint density at radius 1 is 1.37 bits per heavy atom. The minimum absolute atomic E-state index is 0.123. The van der Waals surface area contributed by atoms with Crippen LogP contribution in [0.15, 0.2) is 16.6 Å². The van der Waals surface area contributed by atoms with E-state index in [4.69, 9.17) is 0 Å². The van der Waals surface area contributed by atoms with Gasteiger partial charge in [0.25, 0.3) is 5.91 Å². The van der Waals surface area contributed by atoms with E-state index in [9.17, 15) is 13.6 Å². The summed E-state index contributed by atoms with van der Waals surface area (Å²) >= 11 is 2.99. The van der Waals surface area contributed by atoms with Crippen LogP contribution in [0.5, 0.6) is 0 Å². The van der Waals surface area contributed by atoms with Gasteiger partial charge >= 0.3 is 0 Å². The number of halogens is 3. The number of benzene rings is 1. The van der Waals surface area contributed by atoms with Crippen LogP contribution >= 0.6 is 15.9 Å². The molecule has 1 aliphatic rings. The van der Waals surface area contributed by atoms with Crippen molar-refractivity contribution in [2.24, 2.45) is 5.41 Å². The molecule has 0 saturated heterocycles. The van der Waals surface area contributed by atoms with Gasteiger partial charge < -0.3 is 5.32 Å². The molecule has 0 aliphatic heterocycles. The van der Waals surface area contributed by atoms with Crippen LogP contribution in [0.2, 0.25) is 0 Å². The van der Waals surface area contributed by atoms with Crippen molar-refractivity contribution in [2.75, 3.05) is 6.54 Å². The van der Waals surface area contributed by atoms with Gasteiger partial charge in [-0.2, -0.15) is 0 Å². The highest BCUT2D eigenvalue weighted by molar-refractivity contribution is 9.10. The molecule has 0 unspecified atom stereocenters. The summed E-state index contributed by atoms with van der Waals surface area (Å²) in [5, 5.41) is 2.66. The highest BCUT2D eigenvalue weighted by Gasteiger charge is 2.35. The molecule has 0 bridgehead atoms. The summed E-state index contributed by atoms with van der Waals surface area (Å²) < 4.78 is 27.5. The average Bonchev–Trinajstić information content (AvgIpc) is 2.26. The van der Waals surface area contributed by atoms with Crippen molar-refractivity contribution in [1.29, 1.82) is 0 Å². The normalized spacial score (nSPS) is 16.8. The molecule has 0 heterocycles. The number of amides is 1. The lowest BCUT2D eigenvalue weighted by Crippen LogP contribution is -2.42. The van der Waals surface area contributed by atoms with Gasteiger partial charge in [0.15, 0.2) is 0 Å². The van der Waals surface area contributed by atoms with Crippen LogP contribution in [-0.4, -0.2) is 12.5 Å². The Bertz CT molecular complexity index is 472. The van der Waals surface area contributed by atoms with Gasteiger partial charge in [0.05, 0.1) is 0 Å². The number of nitrogens with one attached hydrogen (secondary N) is 1. The van der Waals surface area contributed by atoms with E-state index in [1.807, 2.05) is 0 Å². The molecule has 0 aromatic heterocycles. The van der Waals surface area contributed by atoms with Gasteiger partial charge in [-0.15, -0.1) is 0 Å². The van der Waals surface area contributed by atoms with Gasteiger partial charge in [-0.05, 0) is 36.8 Å². The van der Waals surface area contributed by atoms with Crippen LogP contribution in [0, 0.1) is 17.0 Å². The van der Waals surface area contributed by atoms with Crippen molar-refractivity contribution < 1.29 is 13.6 Å². The van der Waals surface area contributed by atoms with Gasteiger partial charge in [0.1, 0.15) is 17.2 Å². The fourth-order valence-corrected chi connectivity index (χ4v) is 2.85. The smallest absolute Gasteiger partial charge is 0.257 e. The molecule has 19 heavy (non-hydrogen) atoms. The second kappa shape index (κ2) is 5.57. The third kappa shape index (κ3) is 2.96. The Morgan fingerprint density at radius 2 is 1.95 bits per heavy atom. The molecule has 0 radical (unpaired) electrons. The van der Waals surface area contributed by atoms with E-state index in [0.29, 0.717) is 6.54 Å². The molecule has 0 spiro atoms. The van der Waals surface area contributed by atoms with Crippen LogP contribution in [0.3, 0.4) is 0 Å². The molecular formula is C14H16BrF2NO. The average molecular weight is 332 g/mol. The Morgan fingerprint density at radius 3 is 2.37 bits per heavy atom. The number of hydrogen-bond donors (Lipinski definition) is 1. The molecule has 104 valence electrons. The fourth-order valence-electron chi connectivity index (χ4n) is 2.45. The number of carbonyl (C=O) groups excluding carboxylic acids is 1. The molecule has 0 atom stereocenters. The maximum Gasteiger partial charge on any atom is 0.257 e. The Kier molecular flexibility index (Phi) is 4.23. The molecule has 1 saturated carbocycles. The third-order valence-corrected chi connectivity index (χ3v) is 4.48. The largest absolute Gasteiger partial charge is 0.351 e. The fraction of sp³-hybridized carbons (Fsp3) is 0.500. The van der Waals surface area contributed by atoms with Gasteiger partial charge in [0, 0.05) is 11.0 Å². The van der Waals surface area contributed by atoms with E-state index in [1.165, 1.54) is 0 Å². The third-order valence-electron chi connectivity index (χ3n) is 4.02. The summed E-state index contributed by atoms with van der Waals surface area (Å²) in [5.41, 5.74) is -0.383. The lowest BCUT2D eigenvalue weighted by molar-refractivity contribution is 0.0842. The second-order valence-electron chi connectivity index (χ2n) is 5.13. The van der Waals surface area contributed by atoms with Crippen molar-refractivity contribution >= 4 is 21.8 Å². The maximum atomic E-state index is 13.6. The summed E-state index contributed by atoms with van der Waals surface area (Å²) in [6.07, 6.45) is 4.26. The quantitative estimate of drug-likeness (QED) is 0.886. The minimum Gasteiger partial charge on any atom is -0.351 e. The molecule has 1 fully saturated rings. The van der Waals surface area contributed by atoms with Gasteiger partial charge in [-0.25, -0.2) is 8.78 Å². The minimum atomic E-state index is -0.844. The second-order valence-corrected chi connectivity index (χ2v) is 6.05. The van der Waals surface area contributed by atoms with Crippen LogP contribution in [0.4, 0.5) is 8.78 Å². The molecule has 2 nitrogen and oxygen atoms in total. The van der Waals surface area contributed by atoms with Crippen LogP contribution in [0.25, 0.3) is 0 Å². The topological polar surface area (TPSA) is 29.1 Å². The van der Waals surface area contributed by atoms with Crippen LogP contribution in [0.1, 0.15) is 43.0 Å². The summed E-state index contributed by atoms with van der Waals surface area (Å²) in [6, 6.07) is 2.19. The van der Waals surface area contributed by atoms with E-state index >= 15 is 0 Å². The Labute approximate surface area is 119 Å². The SMILES string of the molecule is CCC1(CNC(=O)c2c(F)cc(Br)cc2F)CCC1. The summed E-state index contributed by atoms with van der Waals surface area (Å²) in [7, 11) is 0.